The minimum Gasteiger partial charge on any atom is -0.508 e. The van der Waals surface area contributed by atoms with Gasteiger partial charge in [-0.2, -0.15) is 0 Å². The van der Waals surface area contributed by atoms with E-state index in [1.165, 1.54) is 0 Å². The Morgan fingerprint density at radius 3 is 2.50 bits per heavy atom. The molecule has 28 heavy (non-hydrogen) atoms. The van der Waals surface area contributed by atoms with Crippen molar-refractivity contribution in [1.82, 2.24) is 14.8 Å². The Hall–Kier alpha value is -2.89. The second kappa shape index (κ2) is 8.00. The molecule has 3 rings (SSSR count). The highest BCUT2D eigenvalue weighted by atomic mass is 16.3. The van der Waals surface area contributed by atoms with E-state index in [0.29, 0.717) is 18.7 Å². The molecule has 2 amide bonds. The third-order valence-electron chi connectivity index (χ3n) is 5.32. The van der Waals surface area contributed by atoms with Crippen molar-refractivity contribution in [3.8, 4) is 5.75 Å². The number of rotatable bonds is 6. The molecule has 2 aromatic rings. The van der Waals surface area contributed by atoms with E-state index in [-0.39, 0.29) is 17.6 Å². The van der Waals surface area contributed by atoms with Gasteiger partial charge in [0.05, 0.1) is 0 Å². The quantitative estimate of drug-likeness (QED) is 0.834. The first-order chi connectivity index (χ1) is 13.4. The number of hydrogen-bond donors (Lipinski definition) is 1. The van der Waals surface area contributed by atoms with Crippen molar-refractivity contribution < 1.29 is 14.7 Å². The van der Waals surface area contributed by atoms with Crippen LogP contribution in [0, 0.1) is 0 Å². The molecular weight excluding hydrogens is 354 g/mol. The van der Waals surface area contributed by atoms with Gasteiger partial charge < -0.3 is 14.9 Å². The second-order valence-electron chi connectivity index (χ2n) is 7.61. The van der Waals surface area contributed by atoms with Gasteiger partial charge in [-0.1, -0.05) is 31.5 Å². The third kappa shape index (κ3) is 3.72. The van der Waals surface area contributed by atoms with Crippen LogP contribution in [0.4, 0.5) is 0 Å². The van der Waals surface area contributed by atoms with Gasteiger partial charge in [-0.25, -0.2) is 0 Å². The molecule has 0 unspecified atom stereocenters. The molecule has 2 heterocycles. The molecule has 1 N–H and O–H groups in total. The highest BCUT2D eigenvalue weighted by Crippen LogP contribution is 2.35. The van der Waals surface area contributed by atoms with Gasteiger partial charge in [0.2, 0.25) is 5.91 Å². The fourth-order valence-corrected chi connectivity index (χ4v) is 3.81. The molecule has 1 aromatic heterocycles. The van der Waals surface area contributed by atoms with Crippen LogP contribution in [-0.2, 0) is 11.2 Å². The fraction of sp³-hybridized carbons (Fsp3) is 0.409. The van der Waals surface area contributed by atoms with E-state index in [0.717, 1.165) is 18.4 Å². The van der Waals surface area contributed by atoms with Crippen LogP contribution >= 0.6 is 0 Å². The van der Waals surface area contributed by atoms with Crippen molar-refractivity contribution in [3.63, 3.8) is 0 Å². The van der Waals surface area contributed by atoms with Crippen LogP contribution < -0.4 is 0 Å². The summed E-state index contributed by atoms with van der Waals surface area (Å²) in [6, 6.07) is 11.4. The number of pyridine rings is 1. The van der Waals surface area contributed by atoms with Crippen molar-refractivity contribution >= 4 is 11.8 Å². The number of benzene rings is 1. The van der Waals surface area contributed by atoms with E-state index in [2.05, 4.69) is 11.9 Å². The summed E-state index contributed by atoms with van der Waals surface area (Å²) in [7, 11) is 0. The summed E-state index contributed by atoms with van der Waals surface area (Å²) < 4.78 is 0. The van der Waals surface area contributed by atoms with Crippen LogP contribution in [0.15, 0.2) is 48.7 Å². The zero-order valence-corrected chi connectivity index (χ0v) is 16.6. The van der Waals surface area contributed by atoms with E-state index in [1.807, 2.05) is 18.7 Å². The average Bonchev–Trinajstić information content (AvgIpc) is 2.87. The van der Waals surface area contributed by atoms with Gasteiger partial charge >= 0.3 is 0 Å². The highest BCUT2D eigenvalue weighted by Gasteiger charge is 2.53. The van der Waals surface area contributed by atoms with Crippen LogP contribution in [0.25, 0.3) is 0 Å². The second-order valence-corrected chi connectivity index (χ2v) is 7.61. The molecule has 0 spiro atoms. The maximum atomic E-state index is 13.3. The number of carbonyl (C=O) groups excluding carboxylic acids is 2. The molecule has 1 fully saturated rings. The number of aromatic hydroxyl groups is 1. The monoisotopic (exact) mass is 381 g/mol. The summed E-state index contributed by atoms with van der Waals surface area (Å²) in [4.78, 5) is 34.3. The first-order valence-corrected chi connectivity index (χ1v) is 9.70. The molecule has 6 heteroatoms. The minimum atomic E-state index is -0.748. The van der Waals surface area contributed by atoms with E-state index < -0.39 is 11.7 Å². The molecular formula is C22H27N3O3. The lowest BCUT2D eigenvalue weighted by molar-refractivity contribution is -0.131. The smallest absolute Gasteiger partial charge is 0.274 e. The standard InChI is InChI=1S/C22H27N3O3/c1-4-5-14-24-21(28)19(15-16-9-11-17(26)12-10-16)25(22(24,2)3)20(27)18-8-6-7-13-23-18/h6-13,19,26H,4-5,14-15H2,1-3H3/t19-/m0/s1. The number of unbranched alkanes of at least 4 members (excludes halogenated alkanes) is 1. The topological polar surface area (TPSA) is 73.7 Å². The summed E-state index contributed by atoms with van der Waals surface area (Å²) in [5.74, 6) is -0.120. The number of amides is 2. The largest absolute Gasteiger partial charge is 0.508 e. The lowest BCUT2D eigenvalue weighted by Crippen LogP contribution is -2.53. The Morgan fingerprint density at radius 2 is 1.89 bits per heavy atom. The van der Waals surface area contributed by atoms with Crippen LogP contribution in [0.1, 0.15) is 49.7 Å². The zero-order chi connectivity index (χ0) is 20.3. The lowest BCUT2D eigenvalue weighted by atomic mass is 10.0. The van der Waals surface area contributed by atoms with Crippen LogP contribution in [-0.4, -0.2) is 50.0 Å². The molecule has 0 radical (unpaired) electrons. The van der Waals surface area contributed by atoms with Crippen molar-refractivity contribution in [2.24, 2.45) is 0 Å². The summed E-state index contributed by atoms with van der Waals surface area (Å²) in [5, 5.41) is 9.53. The SMILES string of the molecule is CCCCN1C(=O)[C@H](Cc2ccc(O)cc2)N(C(=O)c2ccccn2)C1(C)C. The van der Waals surface area contributed by atoms with Crippen LogP contribution in [0.5, 0.6) is 5.75 Å². The van der Waals surface area contributed by atoms with Gasteiger partial charge in [0, 0.05) is 19.2 Å². The molecule has 1 atom stereocenters. The van der Waals surface area contributed by atoms with Crippen molar-refractivity contribution in [1.29, 1.82) is 0 Å². The van der Waals surface area contributed by atoms with Gasteiger partial charge in [-0.05, 0) is 50.1 Å². The predicted octanol–water partition coefficient (Wildman–Crippen LogP) is 3.22. The first-order valence-electron chi connectivity index (χ1n) is 9.70. The van der Waals surface area contributed by atoms with Crippen molar-refractivity contribution in [3.05, 3.63) is 59.9 Å². The highest BCUT2D eigenvalue weighted by molar-refractivity contribution is 5.99. The van der Waals surface area contributed by atoms with Crippen LogP contribution in [0.3, 0.4) is 0 Å². The van der Waals surface area contributed by atoms with Crippen molar-refractivity contribution in [2.75, 3.05) is 6.54 Å². The summed E-state index contributed by atoms with van der Waals surface area (Å²) in [5.41, 5.74) is 0.474. The summed E-state index contributed by atoms with van der Waals surface area (Å²) in [6.07, 6.45) is 3.83. The Bertz CT molecular complexity index is 834. The normalized spacial score (nSPS) is 18.5. The number of carbonyl (C=O) groups is 2. The molecule has 1 saturated heterocycles. The van der Waals surface area contributed by atoms with Gasteiger partial charge in [0.1, 0.15) is 23.1 Å². The Balaban J connectivity index is 1.98. The average molecular weight is 381 g/mol. The van der Waals surface area contributed by atoms with E-state index >= 15 is 0 Å². The zero-order valence-electron chi connectivity index (χ0n) is 16.6. The molecule has 6 nitrogen and oxygen atoms in total. The van der Waals surface area contributed by atoms with E-state index in [1.54, 1.807) is 53.6 Å². The maximum absolute atomic E-state index is 13.3. The molecule has 1 aromatic carbocycles. The lowest BCUT2D eigenvalue weighted by Gasteiger charge is -2.38. The molecule has 1 aliphatic heterocycles. The molecule has 0 saturated carbocycles. The van der Waals surface area contributed by atoms with E-state index in [4.69, 9.17) is 0 Å². The van der Waals surface area contributed by atoms with Gasteiger partial charge in [0.25, 0.3) is 5.91 Å². The number of phenolic OH excluding ortho intramolecular Hbond substituents is 1. The first kappa shape index (κ1) is 19.9. The van der Waals surface area contributed by atoms with Gasteiger partial charge in [-0.15, -0.1) is 0 Å². The van der Waals surface area contributed by atoms with Gasteiger partial charge in [-0.3, -0.25) is 14.6 Å². The van der Waals surface area contributed by atoms with Crippen molar-refractivity contribution in [2.45, 2.75) is 51.7 Å². The van der Waals surface area contributed by atoms with Gasteiger partial charge in [0.15, 0.2) is 0 Å². The Labute approximate surface area is 165 Å². The molecule has 0 aliphatic carbocycles. The fourth-order valence-electron chi connectivity index (χ4n) is 3.81. The summed E-state index contributed by atoms with van der Waals surface area (Å²) >= 11 is 0. The summed E-state index contributed by atoms with van der Waals surface area (Å²) in [6.45, 7) is 6.52. The minimum absolute atomic E-state index is 0.0455. The predicted molar refractivity (Wildman–Crippen MR) is 107 cm³/mol. The molecule has 1 aliphatic rings. The van der Waals surface area contributed by atoms with E-state index in [9.17, 15) is 14.7 Å². The Kier molecular flexibility index (Phi) is 5.68. The molecule has 0 bridgehead atoms. The van der Waals surface area contributed by atoms with Crippen LogP contribution in [0.2, 0.25) is 0 Å². The number of phenols is 1. The number of nitrogens with zero attached hydrogens (tertiary/aromatic N) is 3. The number of aromatic nitrogens is 1. The maximum Gasteiger partial charge on any atom is 0.274 e. The molecule has 148 valence electrons. The third-order valence-corrected chi connectivity index (χ3v) is 5.32. The number of hydrogen-bond acceptors (Lipinski definition) is 4. The Morgan fingerprint density at radius 1 is 1.18 bits per heavy atom.